The number of hydrogen-bond donors (Lipinski definition) is 3. The fourth-order valence-corrected chi connectivity index (χ4v) is 1.21. The van der Waals surface area contributed by atoms with Gasteiger partial charge in [-0.2, -0.15) is 0 Å². The summed E-state index contributed by atoms with van der Waals surface area (Å²) in [6.07, 6.45) is 1.45. The number of carboxylic acids is 2. The Morgan fingerprint density at radius 2 is 1.56 bits per heavy atom. The minimum atomic E-state index is -1.08. The molecule has 0 aliphatic heterocycles. The van der Waals surface area contributed by atoms with Crippen LogP contribution in [0.2, 0.25) is 0 Å². The number of para-hydroxylation sites is 1. The predicted molar refractivity (Wildman–Crippen MR) is 66.6 cm³/mol. The van der Waals surface area contributed by atoms with Crippen LogP contribution in [0.4, 0.5) is 0 Å². The molecule has 0 fully saturated rings. The van der Waals surface area contributed by atoms with E-state index in [0.717, 1.165) is 18.4 Å². The highest BCUT2D eigenvalue weighted by molar-refractivity contribution is 5.75. The normalized spacial score (nSPS) is 9.17. The summed E-state index contributed by atoms with van der Waals surface area (Å²) in [5.74, 6) is -1.73. The van der Waals surface area contributed by atoms with Crippen molar-refractivity contribution in [3.8, 4) is 5.75 Å². The third kappa shape index (κ3) is 8.15. The molecule has 0 amide bonds. The Morgan fingerprint density at radius 1 is 1.06 bits per heavy atom. The maximum atomic E-state index is 9.64. The van der Waals surface area contributed by atoms with Crippen molar-refractivity contribution in [1.29, 1.82) is 0 Å². The number of benzene rings is 1. The molecule has 5 nitrogen and oxygen atoms in total. The van der Waals surface area contributed by atoms with Gasteiger partial charge in [-0.15, -0.1) is 0 Å². The first-order valence-corrected chi connectivity index (χ1v) is 5.67. The lowest BCUT2D eigenvalue weighted by molar-refractivity contribution is -0.143. The number of aromatic hydroxyl groups is 1. The highest BCUT2D eigenvalue weighted by Crippen LogP contribution is 2.16. The monoisotopic (exact) mass is 254 g/mol. The fourth-order valence-electron chi connectivity index (χ4n) is 1.21. The van der Waals surface area contributed by atoms with E-state index in [-0.39, 0.29) is 12.8 Å². The van der Waals surface area contributed by atoms with Gasteiger partial charge in [0.15, 0.2) is 0 Å². The van der Waals surface area contributed by atoms with Gasteiger partial charge >= 0.3 is 11.9 Å². The van der Waals surface area contributed by atoms with Gasteiger partial charge in [0, 0.05) is 0 Å². The minimum absolute atomic E-state index is 0.296. The standard InChI is InChI=1S/C9H12O.C4H6O4/c1-2-5-8-6-3-4-7-9(8)10;5-3(6)1-2-4(7)8/h3-4,6-7,10H,2,5H2,1H3;1-2H2,(H,5,6)(H,7,8). The van der Waals surface area contributed by atoms with Crippen LogP contribution in [-0.4, -0.2) is 27.3 Å². The zero-order valence-electron chi connectivity index (χ0n) is 10.3. The lowest BCUT2D eigenvalue weighted by Gasteiger charge is -1.99. The number of aliphatic carboxylic acids is 2. The molecule has 5 heteroatoms. The van der Waals surface area contributed by atoms with E-state index in [2.05, 4.69) is 6.92 Å². The van der Waals surface area contributed by atoms with Crippen LogP contribution < -0.4 is 0 Å². The van der Waals surface area contributed by atoms with E-state index in [1.165, 1.54) is 0 Å². The lowest BCUT2D eigenvalue weighted by Crippen LogP contribution is -2.00. The van der Waals surface area contributed by atoms with Gasteiger partial charge in [0.2, 0.25) is 0 Å². The first kappa shape index (κ1) is 16.0. The van der Waals surface area contributed by atoms with Crippen LogP contribution in [0.25, 0.3) is 0 Å². The minimum Gasteiger partial charge on any atom is -0.508 e. The molecule has 0 bridgehead atoms. The third-order valence-electron chi connectivity index (χ3n) is 2.06. The summed E-state index contributed by atoms with van der Waals surface area (Å²) in [4.78, 5) is 19.3. The molecule has 1 aromatic rings. The molecule has 0 heterocycles. The van der Waals surface area contributed by atoms with Crippen LogP contribution in [0.1, 0.15) is 31.7 Å². The van der Waals surface area contributed by atoms with E-state index in [9.17, 15) is 14.7 Å². The van der Waals surface area contributed by atoms with Crippen molar-refractivity contribution in [1.82, 2.24) is 0 Å². The van der Waals surface area contributed by atoms with Crippen LogP contribution in [0, 0.1) is 0 Å². The molecule has 1 aromatic carbocycles. The number of aryl methyl sites for hydroxylation is 1. The third-order valence-corrected chi connectivity index (χ3v) is 2.06. The number of carboxylic acid groups (broad SMARTS) is 2. The molecule has 0 atom stereocenters. The van der Waals surface area contributed by atoms with Crippen molar-refractivity contribution in [2.45, 2.75) is 32.6 Å². The highest BCUT2D eigenvalue weighted by atomic mass is 16.4. The largest absolute Gasteiger partial charge is 0.508 e. The Balaban J connectivity index is 0.000000331. The summed E-state index contributed by atoms with van der Waals surface area (Å²) in [6, 6.07) is 7.48. The quantitative estimate of drug-likeness (QED) is 0.749. The molecule has 0 unspecified atom stereocenters. The van der Waals surface area contributed by atoms with E-state index < -0.39 is 11.9 Å². The van der Waals surface area contributed by atoms with Crippen LogP contribution in [0.3, 0.4) is 0 Å². The summed E-state index contributed by atoms with van der Waals surface area (Å²) in [7, 11) is 0. The SMILES string of the molecule is CCCc1ccccc1O.O=C(O)CCC(=O)O. The van der Waals surface area contributed by atoms with Gasteiger partial charge in [-0.25, -0.2) is 0 Å². The molecule has 1 rings (SSSR count). The van der Waals surface area contributed by atoms with Crippen molar-refractivity contribution in [3.05, 3.63) is 29.8 Å². The molecule has 0 saturated carbocycles. The Labute approximate surface area is 106 Å². The van der Waals surface area contributed by atoms with E-state index in [0.29, 0.717) is 5.75 Å². The van der Waals surface area contributed by atoms with E-state index in [1.807, 2.05) is 18.2 Å². The predicted octanol–water partition coefficient (Wildman–Crippen LogP) is 2.28. The van der Waals surface area contributed by atoms with Gasteiger partial charge in [0.05, 0.1) is 12.8 Å². The van der Waals surface area contributed by atoms with Gasteiger partial charge in [-0.3, -0.25) is 9.59 Å². The molecular formula is C13H18O5. The fraction of sp³-hybridized carbons (Fsp3) is 0.385. The number of phenolic OH excluding ortho intramolecular Hbond substituents is 1. The molecule has 100 valence electrons. The Kier molecular flexibility index (Phi) is 8.01. The van der Waals surface area contributed by atoms with Gasteiger partial charge < -0.3 is 15.3 Å². The summed E-state index contributed by atoms with van der Waals surface area (Å²) in [5.41, 5.74) is 1.05. The number of rotatable bonds is 5. The number of hydrogen-bond acceptors (Lipinski definition) is 3. The maximum absolute atomic E-state index is 9.64. The maximum Gasteiger partial charge on any atom is 0.303 e. The summed E-state index contributed by atoms with van der Waals surface area (Å²) in [5, 5.41) is 25.0. The lowest BCUT2D eigenvalue weighted by atomic mass is 10.1. The summed E-state index contributed by atoms with van der Waals surface area (Å²) in [6.45, 7) is 2.10. The van der Waals surface area contributed by atoms with Crippen LogP contribution in [0.15, 0.2) is 24.3 Å². The molecule has 0 aliphatic carbocycles. The average molecular weight is 254 g/mol. The zero-order chi connectivity index (χ0) is 14.0. The van der Waals surface area contributed by atoms with Gasteiger partial charge in [0.25, 0.3) is 0 Å². The Bertz CT molecular complexity index is 373. The molecule has 0 saturated heterocycles. The zero-order valence-corrected chi connectivity index (χ0v) is 10.3. The van der Waals surface area contributed by atoms with E-state index in [4.69, 9.17) is 10.2 Å². The smallest absolute Gasteiger partial charge is 0.303 e. The van der Waals surface area contributed by atoms with Crippen LogP contribution in [0.5, 0.6) is 5.75 Å². The first-order chi connectivity index (χ1) is 8.47. The van der Waals surface area contributed by atoms with Crippen molar-refractivity contribution in [2.24, 2.45) is 0 Å². The Hall–Kier alpha value is -2.04. The van der Waals surface area contributed by atoms with Crippen molar-refractivity contribution >= 4 is 11.9 Å². The Morgan fingerprint density at radius 3 is 1.94 bits per heavy atom. The molecule has 0 spiro atoms. The van der Waals surface area contributed by atoms with Crippen molar-refractivity contribution < 1.29 is 24.9 Å². The highest BCUT2D eigenvalue weighted by Gasteiger charge is 2.00. The molecule has 0 aliphatic rings. The topological polar surface area (TPSA) is 94.8 Å². The molecular weight excluding hydrogens is 236 g/mol. The summed E-state index contributed by atoms with van der Waals surface area (Å²) >= 11 is 0. The number of phenols is 1. The van der Waals surface area contributed by atoms with Crippen molar-refractivity contribution in [3.63, 3.8) is 0 Å². The van der Waals surface area contributed by atoms with Gasteiger partial charge in [-0.1, -0.05) is 31.5 Å². The molecule has 0 aromatic heterocycles. The molecule has 3 N–H and O–H groups in total. The summed E-state index contributed by atoms with van der Waals surface area (Å²) < 4.78 is 0. The van der Waals surface area contributed by atoms with Gasteiger partial charge in [0.1, 0.15) is 5.75 Å². The van der Waals surface area contributed by atoms with E-state index >= 15 is 0 Å². The molecule has 18 heavy (non-hydrogen) atoms. The van der Waals surface area contributed by atoms with Crippen LogP contribution >= 0.6 is 0 Å². The molecule has 0 radical (unpaired) electrons. The van der Waals surface area contributed by atoms with Gasteiger partial charge in [-0.05, 0) is 18.1 Å². The first-order valence-electron chi connectivity index (χ1n) is 5.67. The van der Waals surface area contributed by atoms with Crippen molar-refractivity contribution in [2.75, 3.05) is 0 Å². The second-order valence-corrected chi connectivity index (χ2v) is 3.67. The van der Waals surface area contributed by atoms with E-state index in [1.54, 1.807) is 6.07 Å². The average Bonchev–Trinajstić information content (AvgIpc) is 2.31. The van der Waals surface area contributed by atoms with Crippen LogP contribution in [-0.2, 0) is 16.0 Å². The second kappa shape index (κ2) is 9.04. The number of carbonyl (C=O) groups is 2. The second-order valence-electron chi connectivity index (χ2n) is 3.67.